The van der Waals surface area contributed by atoms with Crippen LogP contribution in [0.25, 0.3) is 0 Å². The number of anilines is 1. The van der Waals surface area contributed by atoms with Crippen molar-refractivity contribution >= 4 is 11.6 Å². The van der Waals surface area contributed by atoms with Crippen LogP contribution in [0.4, 0.5) is 5.69 Å². The van der Waals surface area contributed by atoms with Crippen LogP contribution in [0.2, 0.25) is 0 Å². The molecule has 2 rings (SSSR count). The average Bonchev–Trinajstić information content (AvgIpc) is 2.77. The largest absolute Gasteiger partial charge is 0.493 e. The van der Waals surface area contributed by atoms with Gasteiger partial charge in [0.05, 0.1) is 27.0 Å². The van der Waals surface area contributed by atoms with Gasteiger partial charge in [-0.3, -0.25) is 9.59 Å². The van der Waals surface area contributed by atoms with Crippen LogP contribution >= 0.6 is 0 Å². The summed E-state index contributed by atoms with van der Waals surface area (Å²) in [5.41, 5.74) is 0.190. The highest BCUT2D eigenvalue weighted by Crippen LogP contribution is 2.38. The van der Waals surface area contributed by atoms with Crippen LogP contribution in [0.3, 0.4) is 0 Å². The number of hydrogen-bond donors (Lipinski definition) is 1. The zero-order chi connectivity index (χ0) is 16.8. The highest BCUT2D eigenvalue weighted by atomic mass is 16.5. The second-order valence-corrected chi connectivity index (χ2v) is 4.56. The molecular weight excluding hydrogens is 298 g/mol. The molecule has 0 aliphatic carbocycles. The number of rotatable bonds is 5. The van der Waals surface area contributed by atoms with Crippen LogP contribution in [-0.4, -0.2) is 27.2 Å². The fourth-order valence-electron chi connectivity index (χ4n) is 2.04. The molecule has 2 aromatic rings. The fourth-order valence-corrected chi connectivity index (χ4v) is 2.04. The second-order valence-electron chi connectivity index (χ2n) is 4.56. The maximum atomic E-state index is 12.4. The van der Waals surface area contributed by atoms with Gasteiger partial charge in [0.1, 0.15) is 0 Å². The molecule has 0 aliphatic heterocycles. The Hall–Kier alpha value is -3.02. The van der Waals surface area contributed by atoms with Gasteiger partial charge in [0, 0.05) is 5.56 Å². The van der Waals surface area contributed by atoms with Gasteiger partial charge in [-0.05, 0) is 24.3 Å². The lowest BCUT2D eigenvalue weighted by Crippen LogP contribution is -2.17. The lowest BCUT2D eigenvalue weighted by molar-refractivity contribution is 0.102. The van der Waals surface area contributed by atoms with Gasteiger partial charge in [0.25, 0.3) is 5.91 Å². The SMILES string of the molecule is COc1cc(C(=O)Nc2cccccc2=O)cc(OC)c1OC. The summed E-state index contributed by atoms with van der Waals surface area (Å²) in [5, 5.41) is 2.58. The summed E-state index contributed by atoms with van der Waals surface area (Å²) in [5.74, 6) is 0.658. The van der Waals surface area contributed by atoms with Gasteiger partial charge in [-0.25, -0.2) is 0 Å². The Morgan fingerprint density at radius 2 is 1.52 bits per heavy atom. The van der Waals surface area contributed by atoms with Gasteiger partial charge in [-0.2, -0.15) is 0 Å². The fraction of sp³-hybridized carbons (Fsp3) is 0.176. The molecule has 23 heavy (non-hydrogen) atoms. The molecule has 0 fully saturated rings. The maximum absolute atomic E-state index is 12.4. The van der Waals surface area contributed by atoms with E-state index < -0.39 is 5.91 Å². The zero-order valence-electron chi connectivity index (χ0n) is 13.1. The Morgan fingerprint density at radius 1 is 0.913 bits per heavy atom. The summed E-state index contributed by atoms with van der Waals surface area (Å²) in [6, 6.07) is 10.9. The number of amides is 1. The van der Waals surface area contributed by atoms with E-state index in [4.69, 9.17) is 14.2 Å². The summed E-state index contributed by atoms with van der Waals surface area (Å²) in [6.07, 6.45) is 0. The predicted molar refractivity (Wildman–Crippen MR) is 86.8 cm³/mol. The smallest absolute Gasteiger partial charge is 0.256 e. The molecule has 0 bridgehead atoms. The Bertz CT molecular complexity index is 748. The average molecular weight is 315 g/mol. The normalized spacial score (nSPS) is 9.87. The Balaban J connectivity index is 2.40. The minimum Gasteiger partial charge on any atom is -0.493 e. The molecule has 1 N–H and O–H groups in total. The standard InChI is InChI=1S/C17H17NO5/c1-21-14-9-11(10-15(22-2)16(14)23-3)17(20)18-12-7-5-4-6-8-13(12)19/h4-10H,1-3H3,(H,18,19,20). The van der Waals surface area contributed by atoms with Crippen LogP contribution in [0.15, 0.2) is 47.3 Å². The molecule has 0 saturated carbocycles. The van der Waals surface area contributed by atoms with E-state index in [2.05, 4.69) is 5.32 Å². The topological polar surface area (TPSA) is 73.9 Å². The van der Waals surface area contributed by atoms with E-state index in [1.807, 2.05) is 0 Å². The van der Waals surface area contributed by atoms with Gasteiger partial charge in [0.2, 0.25) is 11.2 Å². The van der Waals surface area contributed by atoms with Gasteiger partial charge in [0.15, 0.2) is 11.5 Å². The number of ether oxygens (including phenoxy) is 3. The van der Waals surface area contributed by atoms with Crippen molar-refractivity contribution in [1.82, 2.24) is 0 Å². The van der Waals surface area contributed by atoms with E-state index in [1.165, 1.54) is 45.6 Å². The van der Waals surface area contributed by atoms with Crippen molar-refractivity contribution in [3.63, 3.8) is 0 Å². The molecule has 0 saturated heterocycles. The zero-order valence-corrected chi connectivity index (χ0v) is 13.1. The van der Waals surface area contributed by atoms with Gasteiger partial charge >= 0.3 is 0 Å². The van der Waals surface area contributed by atoms with Crippen LogP contribution in [0, 0.1) is 0 Å². The first-order valence-corrected chi connectivity index (χ1v) is 6.81. The lowest BCUT2D eigenvalue weighted by Gasteiger charge is -2.13. The molecular formula is C17H17NO5. The quantitative estimate of drug-likeness (QED) is 0.916. The Kier molecular flexibility index (Phi) is 5.19. The van der Waals surface area contributed by atoms with Crippen LogP contribution in [0.1, 0.15) is 10.4 Å². The van der Waals surface area contributed by atoms with Crippen molar-refractivity contribution in [2.75, 3.05) is 26.6 Å². The molecule has 120 valence electrons. The molecule has 1 amide bonds. The van der Waals surface area contributed by atoms with Gasteiger partial charge < -0.3 is 19.5 Å². The van der Waals surface area contributed by atoms with Crippen molar-refractivity contribution < 1.29 is 19.0 Å². The summed E-state index contributed by atoms with van der Waals surface area (Å²) >= 11 is 0. The van der Waals surface area contributed by atoms with E-state index in [-0.39, 0.29) is 16.7 Å². The third-order valence-electron chi connectivity index (χ3n) is 3.17. The molecule has 0 heterocycles. The highest BCUT2D eigenvalue weighted by molar-refractivity contribution is 6.05. The first kappa shape index (κ1) is 16.4. The first-order chi connectivity index (χ1) is 11.1. The molecule has 0 radical (unpaired) electrons. The van der Waals surface area contributed by atoms with Gasteiger partial charge in [-0.1, -0.05) is 18.2 Å². The van der Waals surface area contributed by atoms with Crippen molar-refractivity contribution in [2.24, 2.45) is 0 Å². The number of carbonyl (C=O) groups excluding carboxylic acids is 1. The number of carbonyl (C=O) groups is 1. The lowest BCUT2D eigenvalue weighted by atomic mass is 10.1. The maximum Gasteiger partial charge on any atom is 0.256 e. The van der Waals surface area contributed by atoms with Crippen molar-refractivity contribution in [2.45, 2.75) is 0 Å². The number of hydrogen-bond acceptors (Lipinski definition) is 5. The first-order valence-electron chi connectivity index (χ1n) is 6.81. The van der Waals surface area contributed by atoms with Crippen molar-refractivity contribution in [3.05, 3.63) is 58.3 Å². The summed E-state index contributed by atoms with van der Waals surface area (Å²) in [4.78, 5) is 24.3. The molecule has 0 spiro atoms. The highest BCUT2D eigenvalue weighted by Gasteiger charge is 2.17. The second kappa shape index (κ2) is 7.31. The minimum absolute atomic E-state index is 0.189. The minimum atomic E-state index is -0.451. The van der Waals surface area contributed by atoms with Crippen LogP contribution < -0.4 is 25.0 Å². The third kappa shape index (κ3) is 3.60. The van der Waals surface area contributed by atoms with Gasteiger partial charge in [-0.15, -0.1) is 0 Å². The molecule has 0 aromatic heterocycles. The monoisotopic (exact) mass is 315 g/mol. The van der Waals surface area contributed by atoms with E-state index in [9.17, 15) is 9.59 Å². The van der Waals surface area contributed by atoms with Crippen LogP contribution in [0.5, 0.6) is 17.2 Å². The summed E-state index contributed by atoms with van der Waals surface area (Å²) in [7, 11) is 4.41. The van der Waals surface area contributed by atoms with Crippen LogP contribution in [-0.2, 0) is 0 Å². The Morgan fingerprint density at radius 3 is 2.09 bits per heavy atom. The molecule has 0 aliphatic rings. The third-order valence-corrected chi connectivity index (χ3v) is 3.17. The number of nitrogens with one attached hydrogen (secondary N) is 1. The molecule has 0 unspecified atom stereocenters. The van der Waals surface area contributed by atoms with E-state index in [0.29, 0.717) is 17.2 Å². The summed E-state index contributed by atoms with van der Waals surface area (Å²) in [6.45, 7) is 0. The molecule has 2 aromatic carbocycles. The molecule has 6 nitrogen and oxygen atoms in total. The van der Waals surface area contributed by atoms with E-state index in [0.717, 1.165) is 0 Å². The number of benzene rings is 1. The Labute approximate surface area is 133 Å². The van der Waals surface area contributed by atoms with E-state index in [1.54, 1.807) is 18.2 Å². The molecule has 6 heteroatoms. The predicted octanol–water partition coefficient (Wildman–Crippen LogP) is 2.32. The van der Waals surface area contributed by atoms with Crippen molar-refractivity contribution in [3.8, 4) is 17.2 Å². The summed E-state index contributed by atoms with van der Waals surface area (Å²) < 4.78 is 15.6. The van der Waals surface area contributed by atoms with Crippen molar-refractivity contribution in [1.29, 1.82) is 0 Å². The van der Waals surface area contributed by atoms with E-state index >= 15 is 0 Å². The number of methoxy groups -OCH3 is 3. The molecule has 0 atom stereocenters.